The number of nitrogens with one attached hydrogen (secondary N) is 4. The molecule has 0 saturated heterocycles. The maximum absolute atomic E-state index is 12.9. The van der Waals surface area contributed by atoms with Gasteiger partial charge in [-0.05, 0) is 48.0 Å². The van der Waals surface area contributed by atoms with Crippen LogP contribution < -0.4 is 21.3 Å². The summed E-state index contributed by atoms with van der Waals surface area (Å²) in [5.41, 5.74) is 0.0568. The molecule has 0 fully saturated rings. The van der Waals surface area contributed by atoms with Crippen molar-refractivity contribution in [3.8, 4) is 0 Å². The van der Waals surface area contributed by atoms with Crippen molar-refractivity contribution in [3.63, 3.8) is 0 Å². The highest BCUT2D eigenvalue weighted by Gasteiger charge is 2.30. The number of nitrogens with zero attached hydrogens (tertiary/aromatic N) is 2. The summed E-state index contributed by atoms with van der Waals surface area (Å²) in [6, 6.07) is 10.4. The second kappa shape index (κ2) is 9.77. The van der Waals surface area contributed by atoms with Gasteiger partial charge >= 0.3 is 12.2 Å². The summed E-state index contributed by atoms with van der Waals surface area (Å²) in [5.74, 6) is -0.0293. The van der Waals surface area contributed by atoms with Crippen molar-refractivity contribution < 1.29 is 22.8 Å². The lowest BCUT2D eigenvalue weighted by molar-refractivity contribution is -0.137. The van der Waals surface area contributed by atoms with E-state index in [4.69, 9.17) is 0 Å². The van der Waals surface area contributed by atoms with Crippen LogP contribution in [0.1, 0.15) is 21.5 Å². The molecule has 0 spiro atoms. The smallest absolute Gasteiger partial charge is 0.365 e. The minimum absolute atomic E-state index is 0.0127. The van der Waals surface area contributed by atoms with Crippen molar-refractivity contribution >= 4 is 29.3 Å². The Labute approximate surface area is 181 Å². The number of halogens is 3. The molecule has 0 aliphatic rings. The second-order valence-electron chi connectivity index (χ2n) is 6.54. The Bertz CT molecular complexity index is 1120. The molecule has 2 heterocycles. The minimum Gasteiger partial charge on any atom is -0.365 e. The van der Waals surface area contributed by atoms with Gasteiger partial charge in [0.1, 0.15) is 11.6 Å². The van der Waals surface area contributed by atoms with Gasteiger partial charge in [0.25, 0.3) is 5.91 Å². The van der Waals surface area contributed by atoms with Crippen molar-refractivity contribution in [2.75, 3.05) is 23.0 Å². The summed E-state index contributed by atoms with van der Waals surface area (Å²) in [5, 5.41) is 10.5. The number of urea groups is 1. The van der Waals surface area contributed by atoms with E-state index in [1.165, 1.54) is 37.6 Å². The van der Waals surface area contributed by atoms with Gasteiger partial charge in [-0.25, -0.2) is 14.8 Å². The first kappa shape index (κ1) is 22.5. The van der Waals surface area contributed by atoms with E-state index in [0.717, 1.165) is 17.7 Å². The maximum atomic E-state index is 12.9. The van der Waals surface area contributed by atoms with Crippen molar-refractivity contribution in [1.29, 1.82) is 0 Å². The van der Waals surface area contributed by atoms with E-state index in [9.17, 15) is 22.8 Å². The highest BCUT2D eigenvalue weighted by Crippen LogP contribution is 2.30. The zero-order valence-corrected chi connectivity index (χ0v) is 16.8. The first-order chi connectivity index (χ1) is 15.3. The SMILES string of the molecule is CNC(=O)Nc1cc(CNc2ncccc2C(=O)Nc2cccc(C(F)(F)F)c2)ccn1. The van der Waals surface area contributed by atoms with E-state index < -0.39 is 23.7 Å². The number of benzene rings is 1. The molecular weight excluding hydrogens is 425 g/mol. The monoisotopic (exact) mass is 444 g/mol. The molecule has 0 atom stereocenters. The number of amides is 3. The van der Waals surface area contributed by atoms with Crippen LogP contribution in [-0.4, -0.2) is 29.0 Å². The number of alkyl halides is 3. The molecule has 166 valence electrons. The number of pyridine rings is 2. The van der Waals surface area contributed by atoms with Crippen LogP contribution in [0.15, 0.2) is 60.9 Å². The fourth-order valence-electron chi connectivity index (χ4n) is 2.72. The van der Waals surface area contributed by atoms with Gasteiger partial charge in [0.2, 0.25) is 0 Å². The molecular formula is C21H19F3N6O2. The predicted molar refractivity (Wildman–Crippen MR) is 113 cm³/mol. The third-order valence-electron chi connectivity index (χ3n) is 4.25. The first-order valence-corrected chi connectivity index (χ1v) is 9.37. The third kappa shape index (κ3) is 5.94. The average molecular weight is 444 g/mol. The molecule has 2 aromatic heterocycles. The Morgan fingerprint density at radius 3 is 2.53 bits per heavy atom. The van der Waals surface area contributed by atoms with Crippen LogP contribution in [0.5, 0.6) is 0 Å². The van der Waals surface area contributed by atoms with Crippen LogP contribution in [-0.2, 0) is 12.7 Å². The van der Waals surface area contributed by atoms with E-state index >= 15 is 0 Å². The standard InChI is InChI=1S/C21H19F3N6O2/c1-25-20(32)30-17-10-13(7-9-26-17)12-28-18-16(6-3-8-27-18)19(31)29-15-5-2-4-14(11-15)21(22,23)24/h2-11H,12H2,1H3,(H,27,28)(H,29,31)(H2,25,26,30,32). The molecule has 0 bridgehead atoms. The Kier molecular flexibility index (Phi) is 6.88. The number of hydrogen-bond acceptors (Lipinski definition) is 5. The molecule has 3 rings (SSSR count). The van der Waals surface area contributed by atoms with Gasteiger partial charge in [0.15, 0.2) is 0 Å². The number of anilines is 3. The zero-order chi connectivity index (χ0) is 23.1. The van der Waals surface area contributed by atoms with Crippen LogP contribution in [0.4, 0.5) is 35.3 Å². The molecule has 4 N–H and O–H groups in total. The summed E-state index contributed by atoms with van der Waals surface area (Å²) < 4.78 is 38.7. The van der Waals surface area contributed by atoms with Gasteiger partial charge in [-0.2, -0.15) is 13.2 Å². The summed E-state index contributed by atoms with van der Waals surface area (Å²) in [6.07, 6.45) is -1.52. The molecule has 0 radical (unpaired) electrons. The van der Waals surface area contributed by atoms with Crippen LogP contribution in [0.2, 0.25) is 0 Å². The van der Waals surface area contributed by atoms with E-state index in [-0.39, 0.29) is 23.6 Å². The molecule has 3 amide bonds. The molecule has 32 heavy (non-hydrogen) atoms. The van der Waals surface area contributed by atoms with E-state index in [1.807, 2.05) is 0 Å². The maximum Gasteiger partial charge on any atom is 0.416 e. The lowest BCUT2D eigenvalue weighted by Crippen LogP contribution is -2.25. The fourth-order valence-corrected chi connectivity index (χ4v) is 2.72. The van der Waals surface area contributed by atoms with Gasteiger partial charge in [-0.3, -0.25) is 10.1 Å². The lowest BCUT2D eigenvalue weighted by atomic mass is 10.1. The molecule has 0 saturated carbocycles. The quantitative estimate of drug-likeness (QED) is 0.458. The van der Waals surface area contributed by atoms with Crippen molar-refractivity contribution in [3.05, 3.63) is 77.6 Å². The van der Waals surface area contributed by atoms with Crippen LogP contribution >= 0.6 is 0 Å². The van der Waals surface area contributed by atoms with E-state index in [2.05, 4.69) is 31.2 Å². The molecule has 8 nitrogen and oxygen atoms in total. The highest BCUT2D eigenvalue weighted by atomic mass is 19.4. The largest absolute Gasteiger partial charge is 0.416 e. The van der Waals surface area contributed by atoms with Gasteiger partial charge in [-0.1, -0.05) is 6.07 Å². The highest BCUT2D eigenvalue weighted by molar-refractivity contribution is 6.07. The Balaban J connectivity index is 1.72. The summed E-state index contributed by atoms with van der Waals surface area (Å²) in [4.78, 5) is 32.3. The topological polar surface area (TPSA) is 108 Å². The van der Waals surface area contributed by atoms with Crippen LogP contribution in [0.3, 0.4) is 0 Å². The molecule has 1 aromatic carbocycles. The fraction of sp³-hybridized carbons (Fsp3) is 0.143. The number of hydrogen-bond donors (Lipinski definition) is 4. The summed E-state index contributed by atoms with van der Waals surface area (Å²) in [6.45, 7) is 0.256. The normalized spacial score (nSPS) is 10.9. The second-order valence-corrected chi connectivity index (χ2v) is 6.54. The molecule has 0 unspecified atom stereocenters. The third-order valence-corrected chi connectivity index (χ3v) is 4.25. The van der Waals surface area contributed by atoms with Crippen LogP contribution in [0.25, 0.3) is 0 Å². The van der Waals surface area contributed by atoms with Gasteiger partial charge < -0.3 is 16.0 Å². The van der Waals surface area contributed by atoms with Crippen molar-refractivity contribution in [2.45, 2.75) is 12.7 Å². The van der Waals surface area contributed by atoms with Crippen molar-refractivity contribution in [1.82, 2.24) is 15.3 Å². The van der Waals surface area contributed by atoms with Gasteiger partial charge in [0.05, 0.1) is 11.1 Å². The molecule has 11 heteroatoms. The lowest BCUT2D eigenvalue weighted by Gasteiger charge is -2.13. The number of rotatable bonds is 6. The molecule has 0 aliphatic heterocycles. The summed E-state index contributed by atoms with van der Waals surface area (Å²) in [7, 11) is 1.48. The number of carbonyl (C=O) groups excluding carboxylic acids is 2. The number of carbonyl (C=O) groups is 2. The predicted octanol–water partition coefficient (Wildman–Crippen LogP) is 4.11. The molecule has 0 aliphatic carbocycles. The van der Waals surface area contributed by atoms with Gasteiger partial charge in [-0.15, -0.1) is 0 Å². The zero-order valence-electron chi connectivity index (χ0n) is 16.8. The Hall–Kier alpha value is -4.15. The van der Waals surface area contributed by atoms with Crippen molar-refractivity contribution in [2.24, 2.45) is 0 Å². The average Bonchev–Trinajstić information content (AvgIpc) is 2.77. The van der Waals surface area contributed by atoms with E-state index in [0.29, 0.717) is 5.82 Å². The Morgan fingerprint density at radius 2 is 1.78 bits per heavy atom. The minimum atomic E-state index is -4.52. The van der Waals surface area contributed by atoms with Crippen LogP contribution in [0, 0.1) is 0 Å². The number of aromatic nitrogens is 2. The Morgan fingerprint density at radius 1 is 0.969 bits per heavy atom. The van der Waals surface area contributed by atoms with Gasteiger partial charge in [0, 0.05) is 31.7 Å². The first-order valence-electron chi connectivity index (χ1n) is 9.37. The molecule has 3 aromatic rings. The van der Waals surface area contributed by atoms with E-state index in [1.54, 1.807) is 18.2 Å². The summed E-state index contributed by atoms with van der Waals surface area (Å²) >= 11 is 0.